The standard InChI is InChI=1S/C24H28N6O5S/c1-3-35-21-16-25-22(28-23(21)30-12-14-34-15-13-30)17-4-6-18(7-5-17)26-24(31)27-19-8-10-20(11-9-19)29-36(2,32)33/h4-11,16,29H,3,12-15H2,1-2H3,(H2,26,27,31). The summed E-state index contributed by atoms with van der Waals surface area (Å²) in [6.07, 6.45) is 2.76. The molecular formula is C24H28N6O5S. The van der Waals surface area contributed by atoms with Gasteiger partial charge in [-0.1, -0.05) is 0 Å². The molecule has 36 heavy (non-hydrogen) atoms. The highest BCUT2D eigenvalue weighted by Crippen LogP contribution is 2.29. The molecule has 3 aromatic rings. The number of carbonyl (C=O) groups excluding carboxylic acids is 1. The van der Waals surface area contributed by atoms with Crippen molar-refractivity contribution in [3.05, 3.63) is 54.7 Å². The molecule has 1 aliphatic rings. The Morgan fingerprint density at radius 3 is 2.17 bits per heavy atom. The molecule has 0 radical (unpaired) electrons. The second-order valence-corrected chi connectivity index (χ2v) is 9.77. The number of hydrogen-bond donors (Lipinski definition) is 3. The lowest BCUT2D eigenvalue weighted by Gasteiger charge is -2.29. The smallest absolute Gasteiger partial charge is 0.323 e. The van der Waals surface area contributed by atoms with E-state index in [-0.39, 0.29) is 0 Å². The number of hydrogen-bond acceptors (Lipinski definition) is 8. The first kappa shape index (κ1) is 25.2. The van der Waals surface area contributed by atoms with Gasteiger partial charge in [-0.3, -0.25) is 4.72 Å². The van der Waals surface area contributed by atoms with Crippen LogP contribution in [0.15, 0.2) is 54.7 Å². The van der Waals surface area contributed by atoms with Gasteiger partial charge in [-0.15, -0.1) is 0 Å². The summed E-state index contributed by atoms with van der Waals surface area (Å²) in [6, 6.07) is 13.1. The molecular weight excluding hydrogens is 484 g/mol. The number of amides is 2. The summed E-state index contributed by atoms with van der Waals surface area (Å²) in [7, 11) is -3.36. The molecule has 4 rings (SSSR count). The van der Waals surface area contributed by atoms with Crippen LogP contribution in [-0.4, -0.2) is 63.6 Å². The first-order valence-electron chi connectivity index (χ1n) is 11.4. The Morgan fingerprint density at radius 1 is 1.00 bits per heavy atom. The molecule has 0 saturated carbocycles. The van der Waals surface area contributed by atoms with Crippen molar-refractivity contribution >= 4 is 38.9 Å². The lowest BCUT2D eigenvalue weighted by molar-refractivity contribution is 0.122. The van der Waals surface area contributed by atoms with E-state index in [0.717, 1.165) is 30.7 Å². The van der Waals surface area contributed by atoms with E-state index in [1.54, 1.807) is 42.6 Å². The molecule has 1 saturated heterocycles. The molecule has 1 fully saturated rings. The van der Waals surface area contributed by atoms with E-state index in [4.69, 9.17) is 14.5 Å². The van der Waals surface area contributed by atoms with Crippen LogP contribution in [0.4, 0.5) is 27.7 Å². The zero-order chi connectivity index (χ0) is 25.5. The van der Waals surface area contributed by atoms with Crippen LogP contribution in [0.5, 0.6) is 5.75 Å². The van der Waals surface area contributed by atoms with Gasteiger partial charge in [0.25, 0.3) is 0 Å². The van der Waals surface area contributed by atoms with Crippen molar-refractivity contribution in [3.8, 4) is 17.1 Å². The quantitative estimate of drug-likeness (QED) is 0.418. The van der Waals surface area contributed by atoms with Crippen molar-refractivity contribution < 1.29 is 22.7 Å². The summed E-state index contributed by atoms with van der Waals surface area (Å²) < 4.78 is 36.2. The van der Waals surface area contributed by atoms with E-state index in [9.17, 15) is 13.2 Å². The molecule has 12 heteroatoms. The SMILES string of the molecule is CCOc1cnc(-c2ccc(NC(=O)Nc3ccc(NS(C)(=O)=O)cc3)cc2)nc1N1CCOCC1. The number of rotatable bonds is 8. The maximum Gasteiger partial charge on any atom is 0.323 e. The van der Waals surface area contributed by atoms with Gasteiger partial charge < -0.3 is 25.0 Å². The van der Waals surface area contributed by atoms with Crippen molar-refractivity contribution in [2.24, 2.45) is 0 Å². The number of nitrogens with one attached hydrogen (secondary N) is 3. The Balaban J connectivity index is 1.41. The number of urea groups is 1. The van der Waals surface area contributed by atoms with Crippen molar-refractivity contribution in [3.63, 3.8) is 0 Å². The largest absolute Gasteiger partial charge is 0.488 e. The monoisotopic (exact) mass is 512 g/mol. The Morgan fingerprint density at radius 2 is 1.58 bits per heavy atom. The van der Waals surface area contributed by atoms with Crippen molar-refractivity contribution in [1.29, 1.82) is 0 Å². The van der Waals surface area contributed by atoms with Gasteiger partial charge in [0.2, 0.25) is 10.0 Å². The minimum atomic E-state index is -3.36. The van der Waals surface area contributed by atoms with E-state index in [0.29, 0.717) is 48.5 Å². The predicted molar refractivity (Wildman–Crippen MR) is 139 cm³/mol. The molecule has 0 spiro atoms. The van der Waals surface area contributed by atoms with Crippen LogP contribution in [-0.2, 0) is 14.8 Å². The molecule has 2 amide bonds. The molecule has 0 aliphatic carbocycles. The predicted octanol–water partition coefficient (Wildman–Crippen LogP) is 3.39. The van der Waals surface area contributed by atoms with Gasteiger partial charge in [0, 0.05) is 35.7 Å². The average molecular weight is 513 g/mol. The summed E-state index contributed by atoms with van der Waals surface area (Å²) in [5.41, 5.74) is 2.31. The van der Waals surface area contributed by atoms with Gasteiger partial charge in [0.1, 0.15) is 0 Å². The lowest BCUT2D eigenvalue weighted by Crippen LogP contribution is -2.37. The number of ether oxygens (including phenoxy) is 2. The molecule has 0 bridgehead atoms. The van der Waals surface area contributed by atoms with E-state index < -0.39 is 16.1 Å². The van der Waals surface area contributed by atoms with Crippen LogP contribution in [0.2, 0.25) is 0 Å². The molecule has 1 aliphatic heterocycles. The minimum absolute atomic E-state index is 0.410. The topological polar surface area (TPSA) is 135 Å². The van der Waals surface area contributed by atoms with Gasteiger partial charge in [-0.05, 0) is 55.5 Å². The zero-order valence-corrected chi connectivity index (χ0v) is 20.8. The van der Waals surface area contributed by atoms with Crippen LogP contribution in [0.1, 0.15) is 6.92 Å². The summed E-state index contributed by atoms with van der Waals surface area (Å²) in [6.45, 7) is 5.16. The Kier molecular flexibility index (Phi) is 7.86. The molecule has 190 valence electrons. The van der Waals surface area contributed by atoms with Crippen LogP contribution < -0.4 is 25.0 Å². The first-order valence-corrected chi connectivity index (χ1v) is 13.3. The molecule has 3 N–H and O–H groups in total. The number of aromatic nitrogens is 2. The highest BCUT2D eigenvalue weighted by Gasteiger charge is 2.19. The molecule has 11 nitrogen and oxygen atoms in total. The number of benzene rings is 2. The number of morpholine rings is 1. The highest BCUT2D eigenvalue weighted by atomic mass is 32.2. The third kappa shape index (κ3) is 6.83. The van der Waals surface area contributed by atoms with Crippen molar-refractivity contribution in [2.45, 2.75) is 6.92 Å². The number of sulfonamides is 1. The lowest BCUT2D eigenvalue weighted by atomic mass is 10.2. The van der Waals surface area contributed by atoms with Gasteiger partial charge >= 0.3 is 6.03 Å². The zero-order valence-electron chi connectivity index (χ0n) is 20.0. The Hall–Kier alpha value is -3.90. The second-order valence-electron chi connectivity index (χ2n) is 8.02. The summed E-state index contributed by atoms with van der Waals surface area (Å²) in [5, 5.41) is 5.47. The average Bonchev–Trinajstić information content (AvgIpc) is 2.86. The fourth-order valence-electron chi connectivity index (χ4n) is 3.59. The van der Waals surface area contributed by atoms with E-state index >= 15 is 0 Å². The fourth-order valence-corrected chi connectivity index (χ4v) is 4.16. The maximum absolute atomic E-state index is 12.4. The van der Waals surface area contributed by atoms with Crippen LogP contribution in [0.3, 0.4) is 0 Å². The Bertz CT molecular complexity index is 1290. The third-order valence-corrected chi connectivity index (χ3v) is 5.80. The third-order valence-electron chi connectivity index (χ3n) is 5.19. The molecule has 2 aromatic carbocycles. The van der Waals surface area contributed by atoms with Crippen molar-refractivity contribution in [2.75, 3.05) is 59.4 Å². The van der Waals surface area contributed by atoms with E-state index in [2.05, 4.69) is 25.2 Å². The normalized spacial score (nSPS) is 13.7. The number of anilines is 4. The van der Waals surface area contributed by atoms with Crippen LogP contribution in [0.25, 0.3) is 11.4 Å². The second kappa shape index (κ2) is 11.2. The molecule has 2 heterocycles. The fraction of sp³-hybridized carbons (Fsp3) is 0.292. The first-order chi connectivity index (χ1) is 17.3. The van der Waals surface area contributed by atoms with Crippen molar-refractivity contribution in [1.82, 2.24) is 9.97 Å². The van der Waals surface area contributed by atoms with E-state index in [1.807, 2.05) is 19.1 Å². The summed E-state index contributed by atoms with van der Waals surface area (Å²) in [4.78, 5) is 23.7. The van der Waals surface area contributed by atoms with Gasteiger partial charge in [-0.2, -0.15) is 0 Å². The molecule has 0 unspecified atom stereocenters. The van der Waals surface area contributed by atoms with E-state index in [1.165, 1.54) is 0 Å². The molecule has 0 atom stereocenters. The maximum atomic E-state index is 12.4. The Labute approximate surface area is 209 Å². The minimum Gasteiger partial charge on any atom is -0.488 e. The number of carbonyl (C=O) groups is 1. The van der Waals surface area contributed by atoms with Gasteiger partial charge in [0.05, 0.1) is 32.3 Å². The van der Waals surface area contributed by atoms with Gasteiger partial charge in [0.15, 0.2) is 17.4 Å². The van der Waals surface area contributed by atoms with Gasteiger partial charge in [-0.25, -0.2) is 23.2 Å². The van der Waals surface area contributed by atoms with Crippen LogP contribution >= 0.6 is 0 Å². The summed E-state index contributed by atoms with van der Waals surface area (Å²) in [5.74, 6) is 1.93. The van der Waals surface area contributed by atoms with Crippen LogP contribution in [0, 0.1) is 0 Å². The molecule has 1 aromatic heterocycles. The number of nitrogens with zero attached hydrogens (tertiary/aromatic N) is 3. The highest BCUT2D eigenvalue weighted by molar-refractivity contribution is 7.92. The summed E-state index contributed by atoms with van der Waals surface area (Å²) >= 11 is 0.